The van der Waals surface area contributed by atoms with Crippen molar-refractivity contribution in [1.29, 1.82) is 0 Å². The number of hydrogen-bond donors (Lipinski definition) is 1. The van der Waals surface area contributed by atoms with E-state index in [-0.39, 0.29) is 5.82 Å². The summed E-state index contributed by atoms with van der Waals surface area (Å²) in [6.45, 7) is 4.24. The maximum absolute atomic E-state index is 12.9. The van der Waals surface area contributed by atoms with Gasteiger partial charge in [0, 0.05) is 0 Å². The van der Waals surface area contributed by atoms with Gasteiger partial charge in [-0.3, -0.25) is 0 Å². The second kappa shape index (κ2) is 5.04. The van der Waals surface area contributed by atoms with E-state index in [1.54, 1.807) is 12.1 Å². The number of benzene rings is 2. The van der Waals surface area contributed by atoms with Crippen molar-refractivity contribution in [2.24, 2.45) is 0 Å². The van der Waals surface area contributed by atoms with Gasteiger partial charge in [0.15, 0.2) is 0 Å². The van der Waals surface area contributed by atoms with Crippen molar-refractivity contribution in [3.63, 3.8) is 0 Å². The fourth-order valence-corrected chi connectivity index (χ4v) is 4.48. The molecule has 0 aliphatic rings. The molecule has 94 valence electrons. The molecule has 1 N–H and O–H groups in total. The Labute approximate surface area is 108 Å². The lowest BCUT2D eigenvalue weighted by atomic mass is 10.2. The van der Waals surface area contributed by atoms with Crippen LogP contribution in [0.3, 0.4) is 0 Å². The van der Waals surface area contributed by atoms with Crippen LogP contribution in [0.2, 0.25) is 13.1 Å². The highest BCUT2D eigenvalue weighted by Gasteiger charge is 2.33. The Kier molecular flexibility index (Phi) is 3.64. The summed E-state index contributed by atoms with van der Waals surface area (Å²) in [7, 11) is -2.01. The average Bonchev–Trinajstić information content (AvgIpc) is 2.40. The third-order valence-corrected chi connectivity index (χ3v) is 6.91. The molecule has 0 fully saturated rings. The summed E-state index contributed by atoms with van der Waals surface area (Å²) in [6, 6.07) is 16.2. The third kappa shape index (κ3) is 2.52. The molecule has 0 saturated carbocycles. The Bertz CT molecular complexity index is 508. The number of halogens is 1. The van der Waals surface area contributed by atoms with Gasteiger partial charge in [0.05, 0.1) is 5.73 Å². The van der Waals surface area contributed by atoms with Crippen molar-refractivity contribution in [2.45, 2.75) is 18.8 Å². The molecule has 0 aliphatic heterocycles. The molecule has 2 aromatic carbocycles. The van der Waals surface area contributed by atoms with E-state index in [4.69, 9.17) is 0 Å². The Hall–Kier alpha value is -1.45. The zero-order chi connectivity index (χ0) is 13.2. The normalized spacial score (nSPS) is 13.3. The molecular formula is C15H17FOSi. The molecule has 1 atom stereocenters. The van der Waals surface area contributed by atoms with Crippen molar-refractivity contribution in [1.82, 2.24) is 0 Å². The van der Waals surface area contributed by atoms with Gasteiger partial charge in [-0.1, -0.05) is 60.7 Å². The van der Waals surface area contributed by atoms with E-state index < -0.39 is 13.8 Å². The number of hydrogen-bond acceptors (Lipinski definition) is 1. The van der Waals surface area contributed by atoms with Crippen molar-refractivity contribution in [3.05, 3.63) is 66.0 Å². The summed E-state index contributed by atoms with van der Waals surface area (Å²) in [5.41, 5.74) is 0.261. The quantitative estimate of drug-likeness (QED) is 0.841. The minimum absolute atomic E-state index is 0.273. The molecule has 2 rings (SSSR count). The molecule has 0 aromatic heterocycles. The maximum Gasteiger partial charge on any atom is 0.123 e. The van der Waals surface area contributed by atoms with Gasteiger partial charge in [-0.25, -0.2) is 4.39 Å². The lowest BCUT2D eigenvalue weighted by Crippen LogP contribution is -2.47. The molecule has 0 radical (unpaired) electrons. The Morgan fingerprint density at radius 1 is 0.944 bits per heavy atom. The molecule has 0 unspecified atom stereocenters. The van der Waals surface area contributed by atoms with Crippen LogP contribution in [0.15, 0.2) is 54.6 Å². The van der Waals surface area contributed by atoms with Crippen LogP contribution < -0.4 is 5.19 Å². The molecule has 2 aromatic rings. The topological polar surface area (TPSA) is 20.2 Å². The fraction of sp³-hybridized carbons (Fsp3) is 0.200. The smallest absolute Gasteiger partial charge is 0.123 e. The number of aliphatic hydroxyl groups is 1. The van der Waals surface area contributed by atoms with Crippen molar-refractivity contribution in [3.8, 4) is 0 Å². The summed E-state index contributed by atoms with van der Waals surface area (Å²) in [5, 5.41) is 11.7. The van der Waals surface area contributed by atoms with Gasteiger partial charge >= 0.3 is 0 Å². The Morgan fingerprint density at radius 2 is 1.50 bits per heavy atom. The predicted octanol–water partition coefficient (Wildman–Crippen LogP) is 3.01. The zero-order valence-electron chi connectivity index (χ0n) is 10.6. The van der Waals surface area contributed by atoms with E-state index in [9.17, 15) is 9.50 Å². The third-order valence-electron chi connectivity index (χ3n) is 3.39. The van der Waals surface area contributed by atoms with Crippen LogP contribution in [-0.2, 0) is 0 Å². The maximum atomic E-state index is 12.9. The molecule has 0 amide bonds. The van der Waals surface area contributed by atoms with E-state index >= 15 is 0 Å². The Balaban J connectivity index is 2.32. The van der Waals surface area contributed by atoms with Crippen molar-refractivity contribution in [2.75, 3.05) is 0 Å². The predicted molar refractivity (Wildman–Crippen MR) is 74.9 cm³/mol. The molecule has 3 heteroatoms. The van der Waals surface area contributed by atoms with Crippen molar-refractivity contribution >= 4 is 13.3 Å². The monoisotopic (exact) mass is 260 g/mol. The molecular weight excluding hydrogens is 243 g/mol. The number of rotatable bonds is 3. The first-order chi connectivity index (χ1) is 8.51. The first-order valence-corrected chi connectivity index (χ1v) is 9.08. The highest BCUT2D eigenvalue weighted by atomic mass is 28.3. The van der Waals surface area contributed by atoms with Crippen LogP contribution in [0.5, 0.6) is 0 Å². The average molecular weight is 260 g/mol. The highest BCUT2D eigenvalue weighted by Crippen LogP contribution is 2.24. The largest absolute Gasteiger partial charge is 0.392 e. The summed E-state index contributed by atoms with van der Waals surface area (Å²) < 4.78 is 12.9. The number of aliphatic hydroxyl groups excluding tert-OH is 1. The lowest BCUT2D eigenvalue weighted by Gasteiger charge is -2.29. The van der Waals surface area contributed by atoms with Gasteiger partial charge in [-0.05, 0) is 17.7 Å². The minimum Gasteiger partial charge on any atom is -0.392 e. The standard InChI is InChI=1S/C15H17FOSi/c1-18(2,14-6-4-3-5-7-14)15(17)12-8-10-13(16)11-9-12/h3-11,15,17H,1-2H3/t15-/m0/s1. The first kappa shape index (κ1) is 13.0. The van der Waals surface area contributed by atoms with Crippen LogP contribution >= 0.6 is 0 Å². The minimum atomic E-state index is -2.01. The van der Waals surface area contributed by atoms with Crippen LogP contribution in [-0.4, -0.2) is 13.2 Å². The summed E-state index contributed by atoms with van der Waals surface area (Å²) >= 11 is 0. The van der Waals surface area contributed by atoms with Crippen molar-refractivity contribution < 1.29 is 9.50 Å². The van der Waals surface area contributed by atoms with E-state index in [2.05, 4.69) is 25.2 Å². The van der Waals surface area contributed by atoms with Crippen LogP contribution in [0.25, 0.3) is 0 Å². The molecule has 1 nitrogen and oxygen atoms in total. The van der Waals surface area contributed by atoms with Gasteiger partial charge in [0.2, 0.25) is 0 Å². The van der Waals surface area contributed by atoms with Gasteiger partial charge in [-0.2, -0.15) is 0 Å². The highest BCUT2D eigenvalue weighted by molar-refractivity contribution is 6.90. The van der Waals surface area contributed by atoms with Gasteiger partial charge in [-0.15, -0.1) is 0 Å². The van der Waals surface area contributed by atoms with Gasteiger partial charge in [0.1, 0.15) is 13.9 Å². The summed E-state index contributed by atoms with van der Waals surface area (Å²) in [4.78, 5) is 0. The Morgan fingerprint density at radius 3 is 2.06 bits per heavy atom. The van der Waals surface area contributed by atoms with Crippen LogP contribution in [0, 0.1) is 5.82 Å². The fourth-order valence-electron chi connectivity index (χ4n) is 2.09. The van der Waals surface area contributed by atoms with Gasteiger partial charge in [0.25, 0.3) is 0 Å². The van der Waals surface area contributed by atoms with E-state index in [0.29, 0.717) is 0 Å². The molecule has 0 heterocycles. The molecule has 0 saturated heterocycles. The molecule has 18 heavy (non-hydrogen) atoms. The second-order valence-corrected chi connectivity index (χ2v) is 9.61. The summed E-state index contributed by atoms with van der Waals surface area (Å²) in [6.07, 6.45) is 0. The van der Waals surface area contributed by atoms with Crippen LogP contribution in [0.1, 0.15) is 11.3 Å². The summed E-state index contributed by atoms with van der Waals surface area (Å²) in [5.74, 6) is -0.273. The SMILES string of the molecule is C[Si](C)(c1ccccc1)[C@H](O)c1ccc(F)cc1. The molecule has 0 spiro atoms. The second-order valence-electron chi connectivity index (χ2n) is 5.04. The zero-order valence-corrected chi connectivity index (χ0v) is 11.6. The van der Waals surface area contributed by atoms with E-state index in [1.165, 1.54) is 17.3 Å². The lowest BCUT2D eigenvalue weighted by molar-refractivity contribution is 0.251. The molecule has 0 aliphatic carbocycles. The van der Waals surface area contributed by atoms with E-state index in [0.717, 1.165) is 5.56 Å². The first-order valence-electron chi connectivity index (χ1n) is 6.01. The molecule has 0 bridgehead atoms. The van der Waals surface area contributed by atoms with Gasteiger partial charge < -0.3 is 5.11 Å². The van der Waals surface area contributed by atoms with Crippen LogP contribution in [0.4, 0.5) is 4.39 Å². The van der Waals surface area contributed by atoms with E-state index in [1.807, 2.05) is 18.2 Å².